The molecule has 1 aromatic carbocycles. The molecule has 0 spiro atoms. The highest BCUT2D eigenvalue weighted by Gasteiger charge is 2.24. The van der Waals surface area contributed by atoms with E-state index in [1.54, 1.807) is 0 Å². The summed E-state index contributed by atoms with van der Waals surface area (Å²) < 4.78 is 1.28. The van der Waals surface area contributed by atoms with Crippen LogP contribution in [0.5, 0.6) is 0 Å². The first-order valence-corrected chi connectivity index (χ1v) is 9.92. The molecule has 3 rings (SSSR count). The second-order valence-electron chi connectivity index (χ2n) is 6.63. The maximum atomic E-state index is 12.0. The normalized spacial score (nSPS) is 16.5. The lowest BCUT2D eigenvalue weighted by Gasteiger charge is -2.30. The number of hydrogen-bond donors (Lipinski definition) is 1. The van der Waals surface area contributed by atoms with Crippen molar-refractivity contribution in [2.45, 2.75) is 44.9 Å². The Morgan fingerprint density at radius 3 is 2.83 bits per heavy atom. The summed E-state index contributed by atoms with van der Waals surface area (Å²) >= 11 is 1.83. The molecule has 0 atom stereocenters. The van der Waals surface area contributed by atoms with Crippen molar-refractivity contribution in [2.24, 2.45) is 0 Å². The van der Waals surface area contributed by atoms with Crippen molar-refractivity contribution in [3.8, 4) is 0 Å². The fourth-order valence-electron chi connectivity index (χ4n) is 3.26. The quantitative estimate of drug-likeness (QED) is 0.777. The molecule has 1 saturated heterocycles. The lowest BCUT2D eigenvalue weighted by atomic mass is 9.97. The van der Waals surface area contributed by atoms with E-state index < -0.39 is 0 Å². The van der Waals surface area contributed by atoms with Crippen LogP contribution in [0.1, 0.15) is 50.0 Å². The Kier molecular flexibility index (Phi) is 6.21. The predicted molar refractivity (Wildman–Crippen MR) is 101 cm³/mol. The number of likely N-dealkylation sites (tertiary alicyclic amines) is 1. The summed E-state index contributed by atoms with van der Waals surface area (Å²) in [5.74, 6) is 0.718. The third kappa shape index (κ3) is 4.54. The van der Waals surface area contributed by atoms with Crippen LogP contribution in [0.4, 0.5) is 0 Å². The fourth-order valence-corrected chi connectivity index (χ4v) is 4.40. The summed E-state index contributed by atoms with van der Waals surface area (Å²) in [5, 5.41) is 4.30. The predicted octanol–water partition coefficient (Wildman–Crippen LogP) is 3.78. The molecular formula is C19H27N3OS. The second kappa shape index (κ2) is 8.58. The van der Waals surface area contributed by atoms with Crippen molar-refractivity contribution in [2.75, 3.05) is 26.2 Å². The van der Waals surface area contributed by atoms with E-state index in [0.717, 1.165) is 44.4 Å². The molecule has 4 nitrogen and oxygen atoms in total. The van der Waals surface area contributed by atoms with Gasteiger partial charge in [-0.05, 0) is 44.5 Å². The maximum Gasteiger partial charge on any atom is 0.234 e. The first kappa shape index (κ1) is 17.4. The summed E-state index contributed by atoms with van der Waals surface area (Å²) in [4.78, 5) is 19.1. The van der Waals surface area contributed by atoms with E-state index >= 15 is 0 Å². The average Bonchev–Trinajstić information content (AvgIpc) is 3.03. The SMILES string of the molecule is CCCCCNC(=O)CN1CCC(c2nc3ccccc3s2)CC1. The van der Waals surface area contributed by atoms with Crippen molar-refractivity contribution >= 4 is 27.5 Å². The van der Waals surface area contributed by atoms with Crippen LogP contribution in [0, 0.1) is 0 Å². The number of nitrogens with zero attached hydrogens (tertiary/aromatic N) is 2. The number of aromatic nitrogens is 1. The van der Waals surface area contributed by atoms with Gasteiger partial charge in [-0.25, -0.2) is 4.98 Å². The first-order valence-electron chi connectivity index (χ1n) is 9.11. The van der Waals surface area contributed by atoms with Gasteiger partial charge >= 0.3 is 0 Å². The van der Waals surface area contributed by atoms with E-state index in [-0.39, 0.29) is 5.91 Å². The number of hydrogen-bond acceptors (Lipinski definition) is 4. The zero-order chi connectivity index (χ0) is 16.8. The van der Waals surface area contributed by atoms with Gasteiger partial charge in [0.25, 0.3) is 0 Å². The van der Waals surface area contributed by atoms with Crippen LogP contribution in [0.25, 0.3) is 10.2 Å². The van der Waals surface area contributed by atoms with Crippen molar-refractivity contribution in [1.29, 1.82) is 0 Å². The van der Waals surface area contributed by atoms with E-state index in [2.05, 4.69) is 35.3 Å². The van der Waals surface area contributed by atoms with Crippen LogP contribution in [0.3, 0.4) is 0 Å². The molecule has 0 bridgehead atoms. The second-order valence-corrected chi connectivity index (χ2v) is 7.69. The third-order valence-corrected chi connectivity index (χ3v) is 5.92. The highest BCUT2D eigenvalue weighted by Crippen LogP contribution is 2.33. The van der Waals surface area contributed by atoms with Gasteiger partial charge in [0.05, 0.1) is 21.8 Å². The van der Waals surface area contributed by atoms with Crippen molar-refractivity contribution in [1.82, 2.24) is 15.2 Å². The van der Waals surface area contributed by atoms with Crippen LogP contribution in [0.2, 0.25) is 0 Å². The minimum absolute atomic E-state index is 0.171. The van der Waals surface area contributed by atoms with Gasteiger partial charge in [-0.1, -0.05) is 31.9 Å². The van der Waals surface area contributed by atoms with E-state index in [1.807, 2.05) is 17.4 Å². The summed E-state index contributed by atoms with van der Waals surface area (Å²) in [5.41, 5.74) is 1.12. The molecule has 1 fully saturated rings. The Morgan fingerprint density at radius 1 is 1.29 bits per heavy atom. The van der Waals surface area contributed by atoms with Crippen molar-refractivity contribution in [3.63, 3.8) is 0 Å². The molecule has 130 valence electrons. The summed E-state index contributed by atoms with van der Waals surface area (Å²) in [6.07, 6.45) is 5.66. The van der Waals surface area contributed by atoms with Crippen molar-refractivity contribution in [3.05, 3.63) is 29.3 Å². The number of amides is 1. The van der Waals surface area contributed by atoms with E-state index in [9.17, 15) is 4.79 Å². The summed E-state index contributed by atoms with van der Waals surface area (Å²) in [6, 6.07) is 8.36. The molecule has 1 amide bonds. The first-order chi connectivity index (χ1) is 11.8. The molecule has 2 aromatic rings. The minimum Gasteiger partial charge on any atom is -0.355 e. The number of nitrogens with one attached hydrogen (secondary N) is 1. The third-order valence-electron chi connectivity index (χ3n) is 4.72. The van der Waals surface area contributed by atoms with E-state index in [1.165, 1.54) is 22.5 Å². The largest absolute Gasteiger partial charge is 0.355 e. The number of para-hydroxylation sites is 1. The molecule has 5 heteroatoms. The Bertz CT molecular complexity index is 628. The maximum absolute atomic E-state index is 12.0. The lowest BCUT2D eigenvalue weighted by Crippen LogP contribution is -2.41. The molecular weight excluding hydrogens is 318 g/mol. The van der Waals surface area contributed by atoms with Gasteiger partial charge in [-0.15, -0.1) is 11.3 Å². The fraction of sp³-hybridized carbons (Fsp3) is 0.579. The zero-order valence-electron chi connectivity index (χ0n) is 14.5. The molecule has 1 aromatic heterocycles. The highest BCUT2D eigenvalue weighted by molar-refractivity contribution is 7.18. The van der Waals surface area contributed by atoms with E-state index in [4.69, 9.17) is 4.98 Å². The van der Waals surface area contributed by atoms with Crippen LogP contribution in [-0.2, 0) is 4.79 Å². The molecule has 1 aliphatic heterocycles. The molecule has 0 aliphatic carbocycles. The summed E-state index contributed by atoms with van der Waals surface area (Å²) in [7, 11) is 0. The lowest BCUT2D eigenvalue weighted by molar-refractivity contribution is -0.122. The van der Waals surface area contributed by atoms with Crippen LogP contribution >= 0.6 is 11.3 Å². The smallest absolute Gasteiger partial charge is 0.234 e. The summed E-state index contributed by atoms with van der Waals surface area (Å²) in [6.45, 7) is 5.51. The molecule has 1 aliphatic rings. The Morgan fingerprint density at radius 2 is 2.08 bits per heavy atom. The molecule has 0 saturated carbocycles. The highest BCUT2D eigenvalue weighted by atomic mass is 32.1. The van der Waals surface area contributed by atoms with Gasteiger partial charge in [-0.3, -0.25) is 9.69 Å². The zero-order valence-corrected chi connectivity index (χ0v) is 15.3. The van der Waals surface area contributed by atoms with E-state index in [0.29, 0.717) is 12.5 Å². The topological polar surface area (TPSA) is 45.2 Å². The average molecular weight is 346 g/mol. The number of thiazole rings is 1. The van der Waals surface area contributed by atoms with Crippen LogP contribution < -0.4 is 5.32 Å². The van der Waals surface area contributed by atoms with Crippen molar-refractivity contribution < 1.29 is 4.79 Å². The number of unbranched alkanes of at least 4 members (excludes halogenated alkanes) is 2. The van der Waals surface area contributed by atoms with Gasteiger partial charge < -0.3 is 5.32 Å². The number of benzene rings is 1. The number of fused-ring (bicyclic) bond motifs is 1. The number of carbonyl (C=O) groups is 1. The Balaban J connectivity index is 1.44. The van der Waals surface area contributed by atoms with Crippen LogP contribution in [-0.4, -0.2) is 42.0 Å². The molecule has 24 heavy (non-hydrogen) atoms. The molecule has 2 heterocycles. The standard InChI is InChI=1S/C19H27N3OS/c1-2-3-6-11-20-18(23)14-22-12-9-15(10-13-22)19-21-16-7-4-5-8-17(16)24-19/h4-5,7-8,15H,2-3,6,9-14H2,1H3,(H,20,23). The molecule has 1 N–H and O–H groups in total. The minimum atomic E-state index is 0.171. The van der Waals surface area contributed by atoms with Gasteiger partial charge in [0.2, 0.25) is 5.91 Å². The molecule has 0 unspecified atom stereocenters. The number of carbonyl (C=O) groups excluding carboxylic acids is 1. The van der Waals surface area contributed by atoms with Gasteiger partial charge in [-0.2, -0.15) is 0 Å². The Labute approximate surface area is 148 Å². The van der Waals surface area contributed by atoms with Gasteiger partial charge in [0.1, 0.15) is 0 Å². The monoisotopic (exact) mass is 345 g/mol. The van der Waals surface area contributed by atoms with Crippen LogP contribution in [0.15, 0.2) is 24.3 Å². The van der Waals surface area contributed by atoms with Gasteiger partial charge in [0, 0.05) is 12.5 Å². The number of rotatable bonds is 7. The molecule has 0 radical (unpaired) electrons. The number of piperidine rings is 1. The Hall–Kier alpha value is -1.46. The van der Waals surface area contributed by atoms with Gasteiger partial charge in [0.15, 0.2) is 0 Å².